The molecule has 0 saturated carbocycles. The SMILES string of the molecule is COCCn1c(C)cc(C)c(C(=O)NC2CCCc3c2[nH]c2c(Cl)cccc32)c1=O. The van der Waals surface area contributed by atoms with E-state index >= 15 is 0 Å². The first-order valence-corrected chi connectivity index (χ1v) is 10.6. The quantitative estimate of drug-likeness (QED) is 0.644. The van der Waals surface area contributed by atoms with Gasteiger partial charge in [-0.3, -0.25) is 9.59 Å². The van der Waals surface area contributed by atoms with Crippen molar-refractivity contribution in [1.29, 1.82) is 0 Å². The number of pyridine rings is 1. The fourth-order valence-corrected chi connectivity index (χ4v) is 4.71. The number of fused-ring (bicyclic) bond motifs is 3. The Kier molecular flexibility index (Phi) is 5.71. The maximum atomic E-state index is 13.2. The smallest absolute Gasteiger partial charge is 0.263 e. The van der Waals surface area contributed by atoms with Gasteiger partial charge in [-0.15, -0.1) is 0 Å². The summed E-state index contributed by atoms with van der Waals surface area (Å²) in [5, 5.41) is 4.87. The van der Waals surface area contributed by atoms with E-state index < -0.39 is 0 Å². The van der Waals surface area contributed by atoms with Crippen LogP contribution in [0.1, 0.15) is 51.8 Å². The Hall–Kier alpha value is -2.57. The van der Waals surface area contributed by atoms with Gasteiger partial charge in [0.2, 0.25) is 0 Å². The molecule has 0 saturated heterocycles. The average molecular weight is 428 g/mol. The highest BCUT2D eigenvalue weighted by Gasteiger charge is 2.28. The van der Waals surface area contributed by atoms with Gasteiger partial charge in [0.1, 0.15) is 5.56 Å². The third kappa shape index (κ3) is 3.55. The second-order valence-electron chi connectivity index (χ2n) is 7.89. The lowest BCUT2D eigenvalue weighted by molar-refractivity contribution is 0.0928. The van der Waals surface area contributed by atoms with Crippen LogP contribution < -0.4 is 10.9 Å². The number of halogens is 1. The fraction of sp³-hybridized carbons (Fsp3) is 0.391. The minimum atomic E-state index is -0.341. The summed E-state index contributed by atoms with van der Waals surface area (Å²) in [7, 11) is 1.59. The number of carbonyl (C=O) groups excluding carboxylic acids is 1. The van der Waals surface area contributed by atoms with Gasteiger partial charge in [-0.1, -0.05) is 23.7 Å². The molecule has 2 aromatic heterocycles. The van der Waals surface area contributed by atoms with Gasteiger partial charge < -0.3 is 19.6 Å². The van der Waals surface area contributed by atoms with E-state index in [1.165, 1.54) is 5.56 Å². The summed E-state index contributed by atoms with van der Waals surface area (Å²) < 4.78 is 6.71. The standard InChI is InChI=1S/C23H26ClN3O3/c1-13-12-14(2)27(10-11-30-3)23(29)19(13)22(28)25-18-9-5-7-16-15-6-4-8-17(24)20(15)26-21(16)18/h4,6,8,12,18,26H,5,7,9-11H2,1-3H3,(H,25,28). The molecule has 0 bridgehead atoms. The monoisotopic (exact) mass is 427 g/mol. The summed E-state index contributed by atoms with van der Waals surface area (Å²) in [6.07, 6.45) is 2.71. The highest BCUT2D eigenvalue weighted by atomic mass is 35.5. The lowest BCUT2D eigenvalue weighted by Crippen LogP contribution is -2.38. The number of H-pyrrole nitrogens is 1. The number of ether oxygens (including phenoxy) is 1. The van der Waals surface area contributed by atoms with Crippen molar-refractivity contribution in [2.24, 2.45) is 0 Å². The van der Waals surface area contributed by atoms with E-state index in [9.17, 15) is 9.59 Å². The van der Waals surface area contributed by atoms with Crippen LogP contribution in [-0.4, -0.2) is 29.2 Å². The van der Waals surface area contributed by atoms with Crippen molar-refractivity contribution >= 4 is 28.4 Å². The summed E-state index contributed by atoms with van der Waals surface area (Å²) in [6, 6.07) is 7.55. The number of benzene rings is 1. The summed E-state index contributed by atoms with van der Waals surface area (Å²) in [4.78, 5) is 29.7. The molecule has 1 unspecified atom stereocenters. The van der Waals surface area contributed by atoms with Gasteiger partial charge >= 0.3 is 0 Å². The first-order valence-electron chi connectivity index (χ1n) is 10.2. The van der Waals surface area contributed by atoms with E-state index in [2.05, 4.69) is 16.4 Å². The van der Waals surface area contributed by atoms with Crippen molar-refractivity contribution in [3.05, 3.63) is 67.7 Å². The Morgan fingerprint density at radius 2 is 2.17 bits per heavy atom. The summed E-state index contributed by atoms with van der Waals surface area (Å²) in [5.74, 6) is -0.341. The van der Waals surface area contributed by atoms with Crippen LogP contribution in [0.15, 0.2) is 29.1 Å². The first-order chi connectivity index (χ1) is 14.4. The molecule has 1 atom stereocenters. The Balaban J connectivity index is 1.69. The van der Waals surface area contributed by atoms with E-state index in [0.29, 0.717) is 23.7 Å². The third-order valence-corrected chi connectivity index (χ3v) is 6.26. The van der Waals surface area contributed by atoms with Crippen molar-refractivity contribution < 1.29 is 9.53 Å². The third-order valence-electron chi connectivity index (χ3n) is 5.95. The lowest BCUT2D eigenvalue weighted by atomic mass is 9.91. The van der Waals surface area contributed by atoms with E-state index in [4.69, 9.17) is 16.3 Å². The number of amides is 1. The number of aromatic amines is 1. The molecule has 7 heteroatoms. The molecule has 2 N–H and O–H groups in total. The largest absolute Gasteiger partial charge is 0.383 e. The van der Waals surface area contributed by atoms with E-state index in [1.807, 2.05) is 25.1 Å². The summed E-state index contributed by atoms with van der Waals surface area (Å²) in [5.41, 5.74) is 4.49. The fourth-order valence-electron chi connectivity index (χ4n) is 4.49. The molecule has 158 valence electrons. The number of carbonyl (C=O) groups is 1. The Morgan fingerprint density at radius 3 is 2.93 bits per heavy atom. The Bertz CT molecular complexity index is 1180. The van der Waals surface area contributed by atoms with Crippen LogP contribution in [-0.2, 0) is 17.7 Å². The number of para-hydroxylation sites is 1. The van der Waals surface area contributed by atoms with Crippen molar-refractivity contribution in [2.45, 2.75) is 45.7 Å². The Morgan fingerprint density at radius 1 is 1.37 bits per heavy atom. The number of rotatable bonds is 5. The number of hydrogen-bond donors (Lipinski definition) is 2. The van der Waals surface area contributed by atoms with E-state index in [1.54, 1.807) is 18.6 Å². The highest BCUT2D eigenvalue weighted by Crippen LogP contribution is 2.37. The molecule has 0 aliphatic heterocycles. The molecule has 1 aliphatic rings. The summed E-state index contributed by atoms with van der Waals surface area (Å²) in [6.45, 7) is 4.49. The van der Waals surface area contributed by atoms with Gasteiger partial charge in [-0.05, 0) is 56.4 Å². The van der Waals surface area contributed by atoms with Gasteiger partial charge in [-0.2, -0.15) is 0 Å². The molecule has 1 aromatic carbocycles. The van der Waals surface area contributed by atoms with Crippen LogP contribution in [0.25, 0.3) is 10.9 Å². The molecule has 0 spiro atoms. The highest BCUT2D eigenvalue weighted by molar-refractivity contribution is 6.35. The van der Waals surface area contributed by atoms with Crippen molar-refractivity contribution in [1.82, 2.24) is 14.9 Å². The minimum absolute atomic E-state index is 0.183. The number of hydrogen-bond acceptors (Lipinski definition) is 3. The molecule has 2 heterocycles. The molecule has 1 amide bonds. The zero-order chi connectivity index (χ0) is 21.4. The Labute approximate surface area is 180 Å². The first kappa shape index (κ1) is 20.7. The predicted octanol–water partition coefficient (Wildman–Crippen LogP) is 4.05. The van der Waals surface area contributed by atoms with Gasteiger partial charge in [0.25, 0.3) is 11.5 Å². The maximum absolute atomic E-state index is 13.2. The lowest BCUT2D eigenvalue weighted by Gasteiger charge is -2.24. The van der Waals surface area contributed by atoms with Crippen LogP contribution in [0.5, 0.6) is 0 Å². The molecular formula is C23H26ClN3O3. The van der Waals surface area contributed by atoms with E-state index in [0.717, 1.165) is 41.6 Å². The number of nitrogens with zero attached hydrogens (tertiary/aromatic N) is 1. The topological polar surface area (TPSA) is 76.1 Å². The van der Waals surface area contributed by atoms with Crippen molar-refractivity contribution in [2.75, 3.05) is 13.7 Å². The van der Waals surface area contributed by atoms with Crippen LogP contribution in [0.4, 0.5) is 0 Å². The zero-order valence-corrected chi connectivity index (χ0v) is 18.2. The van der Waals surface area contributed by atoms with Crippen LogP contribution in [0.2, 0.25) is 5.02 Å². The van der Waals surface area contributed by atoms with Crippen molar-refractivity contribution in [3.63, 3.8) is 0 Å². The van der Waals surface area contributed by atoms with Crippen molar-refractivity contribution in [3.8, 4) is 0 Å². The molecule has 0 fully saturated rings. The zero-order valence-electron chi connectivity index (χ0n) is 17.5. The molecular weight excluding hydrogens is 402 g/mol. The van der Waals surface area contributed by atoms with Gasteiger partial charge in [0.05, 0.1) is 23.2 Å². The summed E-state index contributed by atoms with van der Waals surface area (Å²) >= 11 is 6.37. The molecule has 6 nitrogen and oxygen atoms in total. The minimum Gasteiger partial charge on any atom is -0.383 e. The average Bonchev–Trinajstić information content (AvgIpc) is 3.09. The second-order valence-corrected chi connectivity index (χ2v) is 8.30. The van der Waals surface area contributed by atoms with Gasteiger partial charge in [-0.25, -0.2) is 0 Å². The predicted molar refractivity (Wildman–Crippen MR) is 119 cm³/mol. The van der Waals surface area contributed by atoms with E-state index in [-0.39, 0.29) is 23.1 Å². The molecule has 30 heavy (non-hydrogen) atoms. The number of aryl methyl sites for hydroxylation is 3. The van der Waals surface area contributed by atoms with Crippen LogP contribution >= 0.6 is 11.6 Å². The molecule has 1 aliphatic carbocycles. The number of nitrogens with one attached hydrogen (secondary N) is 2. The number of aromatic nitrogens is 2. The molecule has 0 radical (unpaired) electrons. The normalized spacial score (nSPS) is 15.9. The number of methoxy groups -OCH3 is 1. The second kappa shape index (κ2) is 8.28. The van der Waals surface area contributed by atoms with Gasteiger partial charge in [0, 0.05) is 30.4 Å². The maximum Gasteiger partial charge on any atom is 0.263 e. The molecule has 4 rings (SSSR count). The van der Waals surface area contributed by atoms with Crippen LogP contribution in [0.3, 0.4) is 0 Å². The molecule has 3 aromatic rings. The van der Waals surface area contributed by atoms with Crippen LogP contribution in [0, 0.1) is 13.8 Å². The van der Waals surface area contributed by atoms with Gasteiger partial charge in [0.15, 0.2) is 0 Å².